The van der Waals surface area contributed by atoms with Gasteiger partial charge in [0, 0.05) is 0 Å². The molecule has 0 N–H and O–H groups in total. The summed E-state index contributed by atoms with van der Waals surface area (Å²) in [5.41, 5.74) is 7.85. The lowest BCUT2D eigenvalue weighted by molar-refractivity contribution is 0.829. The van der Waals surface area contributed by atoms with Crippen molar-refractivity contribution in [1.29, 1.82) is 0 Å². The first-order valence-corrected chi connectivity index (χ1v) is 21.5. The minimum absolute atomic E-state index is 0.117. The molecule has 0 saturated heterocycles. The minimum Gasteiger partial charge on any atom is -0.0653 e. The molecule has 0 saturated carbocycles. The fourth-order valence-electron chi connectivity index (χ4n) is 6.82. The predicted octanol–water partition coefficient (Wildman–Crippen LogP) is 10.7. The molecule has 0 nitrogen and oxygen atoms in total. The highest BCUT2D eigenvalue weighted by Gasteiger charge is 2.53. The van der Waals surface area contributed by atoms with Gasteiger partial charge in [0.2, 0.25) is 0 Å². The summed E-state index contributed by atoms with van der Waals surface area (Å²) in [4.78, 5) is 0. The van der Waals surface area contributed by atoms with E-state index in [-0.39, 0.29) is 4.64 Å². The van der Waals surface area contributed by atoms with Crippen molar-refractivity contribution in [3.8, 4) is 0 Å². The second-order valence-corrected chi connectivity index (χ2v) is 22.0. The third kappa shape index (κ3) is 7.69. The van der Waals surface area contributed by atoms with E-state index in [1.807, 2.05) is 0 Å². The average molecular weight is 695 g/mol. The molecule has 49 heavy (non-hydrogen) atoms. The Hall–Kier alpha value is -3.39. The Kier molecular flexibility index (Phi) is 11.3. The molecule has 0 heterocycles. The highest BCUT2D eigenvalue weighted by atomic mass is 31.2. The molecule has 0 aromatic heterocycles. The Bertz CT molecular complexity index is 1570. The Balaban J connectivity index is 1.83. The van der Waals surface area contributed by atoms with Crippen molar-refractivity contribution in [3.05, 3.63) is 179 Å². The quantitative estimate of drug-likeness (QED) is 0.118. The third-order valence-corrected chi connectivity index (χ3v) is 20.7. The largest absolute Gasteiger partial charge is 0.0653 e. The number of rotatable bonds is 11. The lowest BCUT2D eigenvalue weighted by atomic mass is 10.2. The standard InChI is InChI=1S/C46H49P3/c1-8-33-46(47(40-21-9-34(2)10-22-40)41-23-11-35(3)12-24-41,48(42-25-13-36(4)14-26-42)43-27-15-37(5)16-28-43)49(44-29-17-38(6)18-30-44)45-31-19-39(7)20-32-45/h9-32H,8,33H2,1-7H3. The van der Waals surface area contributed by atoms with E-state index in [1.54, 1.807) is 0 Å². The number of benzene rings is 6. The zero-order chi connectivity index (χ0) is 34.5. The molecule has 0 atom stereocenters. The fraction of sp³-hybridized carbons (Fsp3) is 0.217. The van der Waals surface area contributed by atoms with Crippen molar-refractivity contribution >= 4 is 55.6 Å². The molecule has 0 aliphatic carbocycles. The SMILES string of the molecule is CCCC(P(c1ccc(C)cc1)c1ccc(C)cc1)(P(c1ccc(C)cc1)c1ccc(C)cc1)P(c1ccc(C)cc1)c1ccc(C)cc1. The Labute approximate surface area is 299 Å². The van der Waals surface area contributed by atoms with E-state index in [9.17, 15) is 0 Å². The molecule has 0 spiro atoms. The van der Waals surface area contributed by atoms with Crippen LogP contribution < -0.4 is 31.8 Å². The molecule has 248 valence electrons. The van der Waals surface area contributed by atoms with Crippen LogP contribution in [0.5, 0.6) is 0 Å². The van der Waals surface area contributed by atoms with Crippen molar-refractivity contribution in [1.82, 2.24) is 0 Å². The van der Waals surface area contributed by atoms with Crippen LogP contribution >= 0.6 is 23.8 Å². The van der Waals surface area contributed by atoms with Crippen molar-refractivity contribution in [2.75, 3.05) is 0 Å². The van der Waals surface area contributed by atoms with Crippen LogP contribution in [0.2, 0.25) is 0 Å². The third-order valence-electron chi connectivity index (χ3n) is 9.41. The van der Waals surface area contributed by atoms with E-state index in [0.717, 1.165) is 12.8 Å². The van der Waals surface area contributed by atoms with Gasteiger partial charge >= 0.3 is 0 Å². The molecular formula is C46H49P3. The van der Waals surface area contributed by atoms with E-state index in [1.165, 1.54) is 65.2 Å². The maximum absolute atomic E-state index is 2.46. The molecule has 0 radical (unpaired) electrons. The smallest absolute Gasteiger partial charge is 0.0545 e. The zero-order valence-corrected chi connectivity index (χ0v) is 32.8. The van der Waals surface area contributed by atoms with Crippen LogP contribution in [0.3, 0.4) is 0 Å². The molecule has 6 aromatic carbocycles. The predicted molar refractivity (Wildman–Crippen MR) is 223 cm³/mol. The number of hydrogen-bond donors (Lipinski definition) is 0. The summed E-state index contributed by atoms with van der Waals surface area (Å²) >= 11 is 0. The van der Waals surface area contributed by atoms with Crippen molar-refractivity contribution in [2.24, 2.45) is 0 Å². The van der Waals surface area contributed by atoms with Gasteiger partial charge < -0.3 is 0 Å². The van der Waals surface area contributed by atoms with E-state index in [4.69, 9.17) is 0 Å². The fourth-order valence-corrected chi connectivity index (χ4v) is 20.8. The van der Waals surface area contributed by atoms with E-state index < -0.39 is 23.8 Å². The second-order valence-electron chi connectivity index (χ2n) is 13.5. The van der Waals surface area contributed by atoms with Gasteiger partial charge in [0.25, 0.3) is 0 Å². The van der Waals surface area contributed by atoms with Crippen LogP contribution in [0.4, 0.5) is 0 Å². The first kappa shape index (κ1) is 35.4. The van der Waals surface area contributed by atoms with Gasteiger partial charge in [-0.05, 0) is 104 Å². The minimum atomic E-state index is -0.875. The second kappa shape index (κ2) is 15.7. The summed E-state index contributed by atoms with van der Waals surface area (Å²) < 4.78 is -0.117. The zero-order valence-electron chi connectivity index (χ0n) is 30.1. The summed E-state index contributed by atoms with van der Waals surface area (Å²) in [6.07, 6.45) is 2.21. The van der Waals surface area contributed by atoms with Crippen LogP contribution in [0.1, 0.15) is 53.1 Å². The van der Waals surface area contributed by atoms with Gasteiger partial charge in [0.1, 0.15) is 0 Å². The topological polar surface area (TPSA) is 0 Å². The molecule has 6 rings (SSSR count). The van der Waals surface area contributed by atoms with E-state index >= 15 is 0 Å². The molecule has 0 fully saturated rings. The molecule has 0 aliphatic heterocycles. The molecular weight excluding hydrogens is 645 g/mol. The van der Waals surface area contributed by atoms with Gasteiger partial charge in [-0.2, -0.15) is 0 Å². The van der Waals surface area contributed by atoms with Crippen LogP contribution in [0.25, 0.3) is 0 Å². The Morgan fingerprint density at radius 1 is 0.306 bits per heavy atom. The summed E-state index contributed by atoms with van der Waals surface area (Å²) in [6.45, 7) is 15.7. The lowest BCUT2D eigenvalue weighted by Gasteiger charge is -2.53. The van der Waals surface area contributed by atoms with Crippen LogP contribution in [-0.2, 0) is 0 Å². The first-order valence-electron chi connectivity index (χ1n) is 17.5. The van der Waals surface area contributed by atoms with E-state index in [0.29, 0.717) is 0 Å². The van der Waals surface area contributed by atoms with Gasteiger partial charge in [-0.3, -0.25) is 0 Å². The molecule has 0 amide bonds. The highest BCUT2D eigenvalue weighted by molar-refractivity contribution is 8.05. The lowest BCUT2D eigenvalue weighted by Crippen LogP contribution is -2.42. The normalized spacial score (nSPS) is 11.9. The highest BCUT2D eigenvalue weighted by Crippen LogP contribution is 2.79. The van der Waals surface area contributed by atoms with Gasteiger partial charge in [0.15, 0.2) is 0 Å². The summed E-state index contributed by atoms with van der Waals surface area (Å²) in [5.74, 6) is 0. The maximum atomic E-state index is 2.46. The molecule has 6 aromatic rings. The van der Waals surface area contributed by atoms with E-state index in [2.05, 4.69) is 194 Å². The van der Waals surface area contributed by atoms with Gasteiger partial charge in [-0.25, -0.2) is 0 Å². The summed E-state index contributed by atoms with van der Waals surface area (Å²) in [5, 5.41) is 8.81. The Morgan fingerprint density at radius 2 is 0.469 bits per heavy atom. The number of aryl methyl sites for hydroxylation is 6. The molecule has 3 heteroatoms. The Morgan fingerprint density at radius 3 is 0.612 bits per heavy atom. The van der Waals surface area contributed by atoms with Crippen molar-refractivity contribution < 1.29 is 0 Å². The van der Waals surface area contributed by atoms with Gasteiger partial charge in [0.05, 0.1) is 4.64 Å². The summed E-state index contributed by atoms with van der Waals surface area (Å²) in [7, 11) is -2.63. The van der Waals surface area contributed by atoms with Crippen molar-refractivity contribution in [2.45, 2.75) is 65.9 Å². The number of hydrogen-bond acceptors (Lipinski definition) is 0. The average Bonchev–Trinajstić information content (AvgIpc) is 3.10. The van der Waals surface area contributed by atoms with Crippen LogP contribution in [0, 0.1) is 41.5 Å². The monoisotopic (exact) mass is 694 g/mol. The molecule has 0 unspecified atom stereocenters. The van der Waals surface area contributed by atoms with Gasteiger partial charge in [-0.1, -0.05) is 192 Å². The van der Waals surface area contributed by atoms with Crippen LogP contribution in [0.15, 0.2) is 146 Å². The molecule has 0 bridgehead atoms. The van der Waals surface area contributed by atoms with Gasteiger partial charge in [-0.15, -0.1) is 0 Å². The van der Waals surface area contributed by atoms with Crippen LogP contribution in [-0.4, -0.2) is 4.64 Å². The maximum Gasteiger partial charge on any atom is 0.0545 e. The molecule has 0 aliphatic rings. The summed E-state index contributed by atoms with van der Waals surface area (Å²) in [6, 6.07) is 57.6. The first-order chi connectivity index (χ1) is 23.7. The van der Waals surface area contributed by atoms with Crippen molar-refractivity contribution in [3.63, 3.8) is 0 Å².